The van der Waals surface area contributed by atoms with Crippen LogP contribution >= 0.6 is 23.2 Å². The topological polar surface area (TPSA) is 68.2 Å². The fourth-order valence-corrected chi connectivity index (χ4v) is 4.04. The Morgan fingerprint density at radius 1 is 1.03 bits per heavy atom. The molecule has 168 valence electrons. The van der Waals surface area contributed by atoms with E-state index >= 15 is 0 Å². The van der Waals surface area contributed by atoms with Gasteiger partial charge in [0.05, 0.1) is 29.4 Å². The Kier molecular flexibility index (Phi) is 6.96. The smallest absolute Gasteiger partial charge is 0.340 e. The molecular formula is C25H20Cl2N2O4. The number of nitrogens with zero attached hydrogens (tertiary/aromatic N) is 2. The first-order valence-corrected chi connectivity index (χ1v) is 10.9. The Balaban J connectivity index is 1.54. The first kappa shape index (κ1) is 22.8. The van der Waals surface area contributed by atoms with Crippen molar-refractivity contribution in [2.45, 2.75) is 12.5 Å². The van der Waals surface area contributed by atoms with Gasteiger partial charge >= 0.3 is 5.97 Å². The van der Waals surface area contributed by atoms with Gasteiger partial charge in [-0.2, -0.15) is 5.10 Å². The highest BCUT2D eigenvalue weighted by atomic mass is 35.5. The maximum Gasteiger partial charge on any atom is 0.340 e. The van der Waals surface area contributed by atoms with E-state index in [0.29, 0.717) is 17.2 Å². The summed E-state index contributed by atoms with van der Waals surface area (Å²) in [5.41, 5.74) is 2.73. The molecule has 4 rings (SSSR count). The lowest BCUT2D eigenvalue weighted by molar-refractivity contribution is -0.136. The van der Waals surface area contributed by atoms with Gasteiger partial charge in [-0.3, -0.25) is 4.79 Å². The summed E-state index contributed by atoms with van der Waals surface area (Å²) in [7, 11) is 1.60. The lowest BCUT2D eigenvalue weighted by atomic mass is 9.98. The fraction of sp³-hybridized carbons (Fsp3) is 0.160. The molecule has 0 bridgehead atoms. The first-order chi connectivity index (χ1) is 16.0. The van der Waals surface area contributed by atoms with Gasteiger partial charge in [0.15, 0.2) is 6.61 Å². The average Bonchev–Trinajstić information content (AvgIpc) is 3.28. The van der Waals surface area contributed by atoms with Crippen LogP contribution in [0.5, 0.6) is 5.75 Å². The lowest BCUT2D eigenvalue weighted by Gasteiger charge is -2.22. The second kappa shape index (κ2) is 10.1. The number of hydrogen-bond acceptors (Lipinski definition) is 5. The summed E-state index contributed by atoms with van der Waals surface area (Å²) in [6.45, 7) is -0.476. The largest absolute Gasteiger partial charge is 0.497 e. The fourth-order valence-electron chi connectivity index (χ4n) is 3.56. The van der Waals surface area contributed by atoms with E-state index in [-0.39, 0.29) is 16.6 Å². The monoisotopic (exact) mass is 482 g/mol. The molecule has 3 aromatic carbocycles. The number of carbonyl (C=O) groups excluding carboxylic acids is 2. The summed E-state index contributed by atoms with van der Waals surface area (Å²) >= 11 is 11.9. The van der Waals surface area contributed by atoms with Crippen LogP contribution in [0.4, 0.5) is 0 Å². The number of methoxy groups -OCH3 is 1. The third-order valence-electron chi connectivity index (χ3n) is 5.25. The second-order valence-electron chi connectivity index (χ2n) is 7.34. The minimum atomic E-state index is -0.711. The standard InChI is InChI=1S/C25H20Cl2N2O4/c1-32-19-10-7-17(8-11-19)23-14-22(16-5-3-2-4-6-16)28-29(23)24(30)15-33-25(31)20-12-9-18(26)13-21(20)27/h2-13,23H,14-15H2,1H3. The molecule has 0 spiro atoms. The van der Waals surface area contributed by atoms with Crippen LogP contribution in [0.15, 0.2) is 77.9 Å². The third-order valence-corrected chi connectivity index (χ3v) is 5.80. The molecule has 0 fully saturated rings. The van der Waals surface area contributed by atoms with E-state index in [1.807, 2.05) is 54.6 Å². The number of amides is 1. The van der Waals surface area contributed by atoms with E-state index in [0.717, 1.165) is 16.8 Å². The molecule has 0 aliphatic carbocycles. The van der Waals surface area contributed by atoms with E-state index in [9.17, 15) is 9.59 Å². The van der Waals surface area contributed by atoms with E-state index in [2.05, 4.69) is 5.10 Å². The summed E-state index contributed by atoms with van der Waals surface area (Å²) in [6.07, 6.45) is 0.527. The molecule has 1 heterocycles. The average molecular weight is 483 g/mol. The van der Waals surface area contributed by atoms with Crippen molar-refractivity contribution in [3.05, 3.63) is 99.5 Å². The highest BCUT2D eigenvalue weighted by Crippen LogP contribution is 2.33. The molecule has 0 saturated carbocycles. The zero-order valence-electron chi connectivity index (χ0n) is 17.7. The van der Waals surface area contributed by atoms with Crippen LogP contribution in [0.2, 0.25) is 10.0 Å². The van der Waals surface area contributed by atoms with Gasteiger partial charge in [-0.15, -0.1) is 0 Å². The maximum absolute atomic E-state index is 13.1. The molecule has 1 unspecified atom stereocenters. The lowest BCUT2D eigenvalue weighted by Crippen LogP contribution is -2.31. The van der Waals surface area contributed by atoms with Crippen LogP contribution in [0.1, 0.15) is 33.9 Å². The Bertz CT molecular complexity index is 1200. The van der Waals surface area contributed by atoms with E-state index in [1.54, 1.807) is 7.11 Å². The number of halogens is 2. The summed E-state index contributed by atoms with van der Waals surface area (Å²) in [4.78, 5) is 25.5. The Labute approximate surface area is 201 Å². The van der Waals surface area contributed by atoms with Gasteiger partial charge in [0.1, 0.15) is 5.75 Å². The molecule has 3 aromatic rings. The van der Waals surface area contributed by atoms with Crippen LogP contribution < -0.4 is 4.74 Å². The summed E-state index contributed by atoms with van der Waals surface area (Å²) < 4.78 is 10.5. The van der Waals surface area contributed by atoms with Crippen molar-refractivity contribution in [3.8, 4) is 5.75 Å². The summed E-state index contributed by atoms with van der Waals surface area (Å²) in [5, 5.41) is 6.50. The van der Waals surface area contributed by atoms with Gasteiger partial charge in [-0.1, -0.05) is 65.7 Å². The molecular weight excluding hydrogens is 463 g/mol. The van der Waals surface area contributed by atoms with Crippen molar-refractivity contribution < 1.29 is 19.1 Å². The van der Waals surface area contributed by atoms with Crippen molar-refractivity contribution in [1.82, 2.24) is 5.01 Å². The third kappa shape index (κ3) is 5.18. The van der Waals surface area contributed by atoms with Crippen LogP contribution in [0.3, 0.4) is 0 Å². The predicted molar refractivity (Wildman–Crippen MR) is 127 cm³/mol. The number of esters is 1. The molecule has 1 aliphatic rings. The maximum atomic E-state index is 13.1. The van der Waals surface area contributed by atoms with Crippen molar-refractivity contribution in [1.29, 1.82) is 0 Å². The Hall–Kier alpha value is -3.35. The first-order valence-electron chi connectivity index (χ1n) is 10.2. The molecule has 1 atom stereocenters. The van der Waals surface area contributed by atoms with Crippen molar-refractivity contribution >= 4 is 40.8 Å². The minimum absolute atomic E-state index is 0.135. The van der Waals surface area contributed by atoms with Crippen LogP contribution in [0.25, 0.3) is 0 Å². The Morgan fingerprint density at radius 2 is 1.76 bits per heavy atom. The second-order valence-corrected chi connectivity index (χ2v) is 8.19. The van der Waals surface area contributed by atoms with Gasteiger partial charge in [0.25, 0.3) is 5.91 Å². The number of carbonyl (C=O) groups is 2. The highest BCUT2D eigenvalue weighted by Gasteiger charge is 2.33. The highest BCUT2D eigenvalue weighted by molar-refractivity contribution is 6.36. The van der Waals surface area contributed by atoms with E-state index in [4.69, 9.17) is 32.7 Å². The quantitative estimate of drug-likeness (QED) is 0.432. The van der Waals surface area contributed by atoms with Crippen molar-refractivity contribution in [3.63, 3.8) is 0 Å². The van der Waals surface area contributed by atoms with Gasteiger partial charge in [0, 0.05) is 11.4 Å². The molecule has 1 amide bonds. The predicted octanol–water partition coefficient (Wildman–Crippen LogP) is 5.54. The number of benzene rings is 3. The molecule has 1 aliphatic heterocycles. The zero-order chi connectivity index (χ0) is 23.4. The van der Waals surface area contributed by atoms with Gasteiger partial charge in [-0.25, -0.2) is 9.80 Å². The SMILES string of the molecule is COc1ccc(C2CC(c3ccccc3)=NN2C(=O)COC(=O)c2ccc(Cl)cc2Cl)cc1. The number of rotatable bonds is 6. The van der Waals surface area contributed by atoms with Crippen molar-refractivity contribution in [2.24, 2.45) is 5.10 Å². The van der Waals surface area contributed by atoms with Crippen LogP contribution in [-0.2, 0) is 9.53 Å². The van der Waals surface area contributed by atoms with E-state index in [1.165, 1.54) is 23.2 Å². The Morgan fingerprint density at radius 3 is 2.42 bits per heavy atom. The van der Waals surface area contributed by atoms with Gasteiger partial charge in [0.2, 0.25) is 0 Å². The number of hydrogen-bond donors (Lipinski definition) is 0. The van der Waals surface area contributed by atoms with Crippen LogP contribution in [-0.4, -0.2) is 36.3 Å². The molecule has 33 heavy (non-hydrogen) atoms. The summed E-state index contributed by atoms with van der Waals surface area (Å²) in [5.74, 6) is -0.440. The summed E-state index contributed by atoms with van der Waals surface area (Å²) in [6, 6.07) is 21.2. The zero-order valence-corrected chi connectivity index (χ0v) is 19.2. The normalized spacial score (nSPS) is 15.2. The van der Waals surface area contributed by atoms with E-state index < -0.39 is 18.5 Å². The number of hydrazone groups is 1. The molecule has 0 saturated heterocycles. The molecule has 0 aromatic heterocycles. The van der Waals surface area contributed by atoms with Crippen molar-refractivity contribution in [2.75, 3.05) is 13.7 Å². The molecule has 6 nitrogen and oxygen atoms in total. The van der Waals surface area contributed by atoms with Crippen LogP contribution in [0, 0.1) is 0 Å². The molecule has 0 radical (unpaired) electrons. The van der Waals surface area contributed by atoms with Gasteiger partial charge < -0.3 is 9.47 Å². The minimum Gasteiger partial charge on any atom is -0.497 e. The molecule has 0 N–H and O–H groups in total. The molecule has 8 heteroatoms. The number of ether oxygens (including phenoxy) is 2. The van der Waals surface area contributed by atoms with Gasteiger partial charge in [-0.05, 0) is 41.5 Å².